The number of allylic oxidation sites excluding steroid dienone is 4. The molecule has 350 valence electrons. The lowest BCUT2D eigenvalue weighted by Crippen LogP contribution is -2.41. The van der Waals surface area contributed by atoms with Crippen molar-refractivity contribution in [1.29, 1.82) is 0 Å². The van der Waals surface area contributed by atoms with Crippen LogP contribution in [0.25, 0.3) is 0 Å². The molecule has 1 fully saturated rings. The normalized spacial score (nSPS) is 14.5. The van der Waals surface area contributed by atoms with Crippen molar-refractivity contribution in [2.45, 2.75) is 227 Å². The van der Waals surface area contributed by atoms with Crippen molar-refractivity contribution in [2.75, 3.05) is 46.1 Å². The molecule has 1 aliphatic rings. The summed E-state index contributed by atoms with van der Waals surface area (Å²) in [6, 6.07) is 0.453. The Morgan fingerprint density at radius 1 is 0.550 bits per heavy atom. The molecule has 1 unspecified atom stereocenters. The summed E-state index contributed by atoms with van der Waals surface area (Å²) < 4.78 is 29.4. The van der Waals surface area contributed by atoms with E-state index in [1.165, 1.54) is 77.0 Å². The summed E-state index contributed by atoms with van der Waals surface area (Å²) in [5, 5.41) is 0. The second-order valence-corrected chi connectivity index (χ2v) is 17.5. The van der Waals surface area contributed by atoms with Crippen LogP contribution in [0, 0.1) is 11.8 Å². The molecule has 1 heterocycles. The first-order valence-corrected chi connectivity index (χ1v) is 25.1. The SMILES string of the molecule is CCCCC/C=C\C/C=C\CCCCCCCC(=O)OCC(COC(=O)CCC(OCCCCCCCC)OCCCCCCCC)COC(=O)C1CCN(C(C)C)CC1. The standard InChI is InChI=1S/C51H93NO8/c1-6-9-12-15-18-19-20-21-22-23-24-25-26-27-30-33-48(53)58-42-46(44-60-51(55)47-36-38-52(39-37-47)45(4)5)43-59-49(54)34-35-50(56-40-31-28-16-13-10-7-2)57-41-32-29-17-14-11-8-3/h18-19,21-22,45-47,50H,6-17,20,23-44H2,1-5H3/b19-18-,22-21-. The molecule has 1 atom stereocenters. The minimum Gasteiger partial charge on any atom is -0.465 e. The molecule has 60 heavy (non-hydrogen) atoms. The minimum absolute atomic E-state index is 0.0107. The maximum absolute atomic E-state index is 13.1. The van der Waals surface area contributed by atoms with E-state index in [4.69, 9.17) is 23.7 Å². The molecule has 0 aromatic heterocycles. The second kappa shape index (κ2) is 40.8. The Morgan fingerprint density at radius 2 is 1.00 bits per heavy atom. The molecule has 1 rings (SSSR count). The summed E-state index contributed by atoms with van der Waals surface area (Å²) in [6.07, 6.45) is 37.6. The summed E-state index contributed by atoms with van der Waals surface area (Å²) in [5.74, 6) is -1.43. The summed E-state index contributed by atoms with van der Waals surface area (Å²) in [4.78, 5) is 41.2. The lowest BCUT2D eigenvalue weighted by Gasteiger charge is -2.33. The Balaban J connectivity index is 2.55. The predicted octanol–water partition coefficient (Wildman–Crippen LogP) is 13.0. The number of unbranched alkanes of at least 4 members (excludes halogenated alkanes) is 18. The van der Waals surface area contributed by atoms with Gasteiger partial charge in [0.1, 0.15) is 19.8 Å². The lowest BCUT2D eigenvalue weighted by molar-refractivity contribution is -0.162. The molecule has 0 spiro atoms. The molecule has 0 N–H and O–H groups in total. The van der Waals surface area contributed by atoms with Crippen molar-refractivity contribution >= 4 is 17.9 Å². The van der Waals surface area contributed by atoms with E-state index in [0.29, 0.717) is 32.1 Å². The van der Waals surface area contributed by atoms with Crippen LogP contribution in [0.4, 0.5) is 0 Å². The molecule has 0 amide bonds. The van der Waals surface area contributed by atoms with Crippen LogP contribution in [-0.2, 0) is 38.1 Å². The van der Waals surface area contributed by atoms with E-state index in [1.807, 2.05) is 0 Å². The fraction of sp³-hybridized carbons (Fsp3) is 0.863. The lowest BCUT2D eigenvalue weighted by atomic mass is 9.96. The molecule has 1 aliphatic heterocycles. The van der Waals surface area contributed by atoms with E-state index in [9.17, 15) is 14.4 Å². The zero-order valence-corrected chi connectivity index (χ0v) is 39.6. The van der Waals surface area contributed by atoms with Gasteiger partial charge in [0.2, 0.25) is 0 Å². The van der Waals surface area contributed by atoms with Crippen LogP contribution in [0.15, 0.2) is 24.3 Å². The third kappa shape index (κ3) is 33.4. The van der Waals surface area contributed by atoms with Crippen molar-refractivity contribution in [3.05, 3.63) is 24.3 Å². The van der Waals surface area contributed by atoms with Gasteiger partial charge in [0.25, 0.3) is 0 Å². The maximum Gasteiger partial charge on any atom is 0.309 e. The predicted molar refractivity (Wildman–Crippen MR) is 247 cm³/mol. The first-order chi connectivity index (χ1) is 29.3. The molecule has 0 bridgehead atoms. The third-order valence-electron chi connectivity index (χ3n) is 11.5. The Kier molecular flexibility index (Phi) is 38.0. The zero-order valence-electron chi connectivity index (χ0n) is 39.6. The number of hydrogen-bond donors (Lipinski definition) is 0. The number of carbonyl (C=O) groups excluding carboxylic acids is 3. The quantitative estimate of drug-likeness (QED) is 0.0196. The van der Waals surface area contributed by atoms with Gasteiger partial charge < -0.3 is 28.6 Å². The Hall–Kier alpha value is -2.23. The molecule has 0 aliphatic carbocycles. The van der Waals surface area contributed by atoms with Gasteiger partial charge in [0.15, 0.2) is 6.29 Å². The maximum atomic E-state index is 13.1. The number of nitrogens with zero attached hydrogens (tertiary/aromatic N) is 1. The Bertz CT molecular complexity index is 1050. The summed E-state index contributed by atoms with van der Waals surface area (Å²) in [6.45, 7) is 14.1. The number of ether oxygens (including phenoxy) is 5. The fourth-order valence-corrected chi connectivity index (χ4v) is 7.41. The van der Waals surface area contributed by atoms with Crippen LogP contribution in [0.3, 0.4) is 0 Å². The van der Waals surface area contributed by atoms with Gasteiger partial charge in [-0.2, -0.15) is 0 Å². The molecule has 0 saturated carbocycles. The van der Waals surface area contributed by atoms with Gasteiger partial charge in [0.05, 0.1) is 18.3 Å². The van der Waals surface area contributed by atoms with Crippen LogP contribution >= 0.6 is 0 Å². The number of carbonyl (C=O) groups is 3. The van der Waals surface area contributed by atoms with Gasteiger partial charge >= 0.3 is 17.9 Å². The highest BCUT2D eigenvalue weighted by molar-refractivity contribution is 5.72. The third-order valence-corrected chi connectivity index (χ3v) is 11.5. The zero-order chi connectivity index (χ0) is 43.7. The molecule has 9 heteroatoms. The highest BCUT2D eigenvalue weighted by Crippen LogP contribution is 2.21. The highest BCUT2D eigenvalue weighted by atomic mass is 16.7. The number of piperidine rings is 1. The number of esters is 3. The molecule has 0 aromatic carbocycles. The first-order valence-electron chi connectivity index (χ1n) is 25.1. The van der Waals surface area contributed by atoms with Crippen molar-refractivity contribution in [3.8, 4) is 0 Å². The summed E-state index contributed by atoms with van der Waals surface area (Å²) >= 11 is 0. The van der Waals surface area contributed by atoms with Gasteiger partial charge in [-0.25, -0.2) is 0 Å². The largest absolute Gasteiger partial charge is 0.465 e. The van der Waals surface area contributed by atoms with Crippen molar-refractivity contribution in [3.63, 3.8) is 0 Å². The average molecular weight is 848 g/mol. The van der Waals surface area contributed by atoms with Crippen LogP contribution in [0.2, 0.25) is 0 Å². The molecule has 0 radical (unpaired) electrons. The summed E-state index contributed by atoms with van der Waals surface area (Å²) in [5.41, 5.74) is 0. The van der Waals surface area contributed by atoms with Crippen LogP contribution in [-0.4, -0.2) is 81.3 Å². The van der Waals surface area contributed by atoms with E-state index in [0.717, 1.165) is 96.6 Å². The van der Waals surface area contributed by atoms with E-state index in [2.05, 4.69) is 63.8 Å². The topological polar surface area (TPSA) is 101 Å². The average Bonchev–Trinajstić information content (AvgIpc) is 3.25. The molecular weight excluding hydrogens is 755 g/mol. The minimum atomic E-state index is -0.446. The fourth-order valence-electron chi connectivity index (χ4n) is 7.41. The number of likely N-dealkylation sites (tertiary alicyclic amines) is 1. The molecule has 0 aromatic rings. The Morgan fingerprint density at radius 3 is 1.55 bits per heavy atom. The van der Waals surface area contributed by atoms with Gasteiger partial charge in [-0.1, -0.05) is 141 Å². The van der Waals surface area contributed by atoms with E-state index >= 15 is 0 Å². The van der Waals surface area contributed by atoms with Crippen LogP contribution in [0.1, 0.15) is 214 Å². The second-order valence-electron chi connectivity index (χ2n) is 17.5. The van der Waals surface area contributed by atoms with Crippen molar-refractivity contribution < 1.29 is 38.1 Å². The van der Waals surface area contributed by atoms with E-state index in [-0.39, 0.29) is 50.1 Å². The van der Waals surface area contributed by atoms with E-state index < -0.39 is 12.2 Å². The van der Waals surface area contributed by atoms with Gasteiger partial charge in [-0.15, -0.1) is 0 Å². The van der Waals surface area contributed by atoms with Gasteiger partial charge in [-0.3, -0.25) is 14.4 Å². The number of hydrogen-bond acceptors (Lipinski definition) is 9. The first kappa shape index (κ1) is 55.8. The van der Waals surface area contributed by atoms with Gasteiger partial charge in [0, 0.05) is 32.1 Å². The smallest absolute Gasteiger partial charge is 0.309 e. The summed E-state index contributed by atoms with van der Waals surface area (Å²) in [7, 11) is 0. The molecular formula is C51H93NO8. The van der Waals surface area contributed by atoms with Crippen LogP contribution < -0.4 is 0 Å². The molecule has 1 saturated heterocycles. The number of rotatable bonds is 41. The highest BCUT2D eigenvalue weighted by Gasteiger charge is 2.28. The Labute approximate surface area is 368 Å². The molecule has 9 nitrogen and oxygen atoms in total. The van der Waals surface area contributed by atoms with Crippen LogP contribution in [0.5, 0.6) is 0 Å². The van der Waals surface area contributed by atoms with E-state index in [1.54, 1.807) is 0 Å². The van der Waals surface area contributed by atoms with Crippen molar-refractivity contribution in [2.24, 2.45) is 11.8 Å². The monoisotopic (exact) mass is 848 g/mol. The van der Waals surface area contributed by atoms with Gasteiger partial charge in [-0.05, 0) is 91.1 Å². The van der Waals surface area contributed by atoms with Crippen molar-refractivity contribution in [1.82, 2.24) is 4.90 Å².